The first kappa shape index (κ1) is 20.3. The minimum atomic E-state index is 0.639. The molecule has 1 N–H and O–H groups in total. The molecule has 1 aliphatic rings. The molecule has 160 valence electrons. The number of likely N-dealkylation sites (N-methyl/N-ethyl adjacent to an activating group) is 1. The van der Waals surface area contributed by atoms with Gasteiger partial charge in [-0.1, -0.05) is 41.9 Å². The largest absolute Gasteiger partial charge is 0.493 e. The van der Waals surface area contributed by atoms with Gasteiger partial charge in [0.05, 0.1) is 22.7 Å². The second-order valence-electron chi connectivity index (χ2n) is 8.26. The zero-order valence-corrected chi connectivity index (χ0v) is 18.5. The van der Waals surface area contributed by atoms with Gasteiger partial charge in [0.1, 0.15) is 11.6 Å². The third kappa shape index (κ3) is 4.40. The van der Waals surface area contributed by atoms with Crippen LogP contribution in [-0.4, -0.2) is 66.1 Å². The molecule has 5 nitrogen and oxygen atoms in total. The summed E-state index contributed by atoms with van der Waals surface area (Å²) in [5.74, 6) is 1.58. The normalized spacial score (nSPS) is 15.7. The van der Waals surface area contributed by atoms with Gasteiger partial charge < -0.3 is 19.5 Å². The van der Waals surface area contributed by atoms with Crippen LogP contribution in [0.4, 0.5) is 0 Å². The second-order valence-corrected chi connectivity index (χ2v) is 8.66. The maximum Gasteiger partial charge on any atom is 0.140 e. The molecule has 2 heterocycles. The Kier molecular flexibility index (Phi) is 5.81. The molecule has 6 heteroatoms. The summed E-state index contributed by atoms with van der Waals surface area (Å²) in [6, 6.07) is 18.3. The average Bonchev–Trinajstić information content (AvgIpc) is 3.22. The van der Waals surface area contributed by atoms with E-state index in [0.717, 1.165) is 72.7 Å². The van der Waals surface area contributed by atoms with Gasteiger partial charge in [0, 0.05) is 43.7 Å². The number of ether oxygens (including phenoxy) is 1. The molecule has 0 aliphatic carbocycles. The molecule has 1 aliphatic heterocycles. The van der Waals surface area contributed by atoms with Gasteiger partial charge in [0.15, 0.2) is 0 Å². The lowest BCUT2D eigenvalue weighted by Gasteiger charge is -2.32. The minimum Gasteiger partial charge on any atom is -0.493 e. The van der Waals surface area contributed by atoms with E-state index in [-0.39, 0.29) is 0 Å². The third-order valence-corrected chi connectivity index (χ3v) is 6.37. The molecule has 0 unspecified atom stereocenters. The van der Waals surface area contributed by atoms with Crippen molar-refractivity contribution in [1.29, 1.82) is 0 Å². The van der Waals surface area contributed by atoms with Crippen molar-refractivity contribution in [1.82, 2.24) is 19.8 Å². The topological polar surface area (TPSA) is 44.4 Å². The van der Waals surface area contributed by atoms with E-state index in [9.17, 15) is 0 Å². The van der Waals surface area contributed by atoms with E-state index in [1.807, 2.05) is 30.3 Å². The number of rotatable bonds is 6. The number of hydrogen-bond acceptors (Lipinski definition) is 4. The molecule has 0 amide bonds. The molecular weight excluding hydrogens is 408 g/mol. The number of benzene rings is 3. The summed E-state index contributed by atoms with van der Waals surface area (Å²) in [7, 11) is 2.18. The first-order valence-electron chi connectivity index (χ1n) is 10.9. The monoisotopic (exact) mass is 434 g/mol. The van der Waals surface area contributed by atoms with Gasteiger partial charge in [-0.05, 0) is 43.1 Å². The van der Waals surface area contributed by atoms with Crippen LogP contribution < -0.4 is 4.74 Å². The predicted octanol–water partition coefficient (Wildman–Crippen LogP) is 5.05. The van der Waals surface area contributed by atoms with E-state index in [0.29, 0.717) is 11.6 Å². The summed E-state index contributed by atoms with van der Waals surface area (Å²) < 4.78 is 5.95. The van der Waals surface area contributed by atoms with E-state index in [1.165, 1.54) is 5.39 Å². The maximum atomic E-state index is 6.61. The smallest absolute Gasteiger partial charge is 0.140 e. The van der Waals surface area contributed by atoms with Crippen molar-refractivity contribution in [3.8, 4) is 17.1 Å². The molecule has 0 atom stereocenters. The van der Waals surface area contributed by atoms with E-state index in [4.69, 9.17) is 21.3 Å². The maximum absolute atomic E-state index is 6.61. The summed E-state index contributed by atoms with van der Waals surface area (Å²) >= 11 is 6.61. The fraction of sp³-hybridized carbons (Fsp3) is 0.320. The Hall–Kier alpha value is -2.60. The van der Waals surface area contributed by atoms with Gasteiger partial charge in [-0.15, -0.1) is 0 Å². The molecule has 4 aromatic rings. The van der Waals surface area contributed by atoms with E-state index >= 15 is 0 Å². The summed E-state index contributed by atoms with van der Waals surface area (Å²) in [4.78, 5) is 13.1. The number of nitrogens with one attached hydrogen (secondary N) is 1. The zero-order valence-electron chi connectivity index (χ0n) is 17.8. The molecule has 0 spiro atoms. The third-order valence-electron chi connectivity index (χ3n) is 6.06. The van der Waals surface area contributed by atoms with Crippen LogP contribution in [0.15, 0.2) is 54.6 Å². The van der Waals surface area contributed by atoms with Crippen molar-refractivity contribution in [2.75, 3.05) is 46.4 Å². The molecule has 1 saturated heterocycles. The standard InChI is InChI=1S/C25H27ClN4O/c1-29-12-14-30(15-13-29)11-4-16-31-19-8-9-21(22(26)17-19)25-27-23-10-7-18-5-2-3-6-20(18)24(23)28-25/h2-3,5-10,17H,4,11-16H2,1H3,(H,27,28). The number of H-pyrrole nitrogens is 1. The Morgan fingerprint density at radius 1 is 1.03 bits per heavy atom. The highest BCUT2D eigenvalue weighted by atomic mass is 35.5. The summed E-state index contributed by atoms with van der Waals surface area (Å²) in [5, 5.41) is 2.96. The number of piperazine rings is 1. The highest BCUT2D eigenvalue weighted by Gasteiger charge is 2.14. The van der Waals surface area contributed by atoms with Gasteiger partial charge in [0.2, 0.25) is 0 Å². The molecule has 0 radical (unpaired) electrons. The molecule has 3 aromatic carbocycles. The average molecular weight is 435 g/mol. The van der Waals surface area contributed by atoms with Crippen molar-refractivity contribution >= 4 is 33.4 Å². The zero-order chi connectivity index (χ0) is 21.2. The number of nitrogens with zero attached hydrogens (tertiary/aromatic N) is 3. The first-order valence-corrected chi connectivity index (χ1v) is 11.3. The Morgan fingerprint density at radius 2 is 1.87 bits per heavy atom. The number of aromatic amines is 1. The fourth-order valence-electron chi connectivity index (χ4n) is 4.20. The highest BCUT2D eigenvalue weighted by Crippen LogP contribution is 2.32. The summed E-state index contributed by atoms with van der Waals surface area (Å²) in [6.45, 7) is 6.35. The van der Waals surface area contributed by atoms with Crippen LogP contribution in [0.5, 0.6) is 5.75 Å². The van der Waals surface area contributed by atoms with Crippen LogP contribution in [0.25, 0.3) is 33.2 Å². The number of aromatic nitrogens is 2. The van der Waals surface area contributed by atoms with Crippen molar-refractivity contribution in [2.45, 2.75) is 6.42 Å². The molecule has 1 aromatic heterocycles. The molecule has 1 fully saturated rings. The molecular formula is C25H27ClN4O. The lowest BCUT2D eigenvalue weighted by Crippen LogP contribution is -2.44. The van der Waals surface area contributed by atoms with Crippen LogP contribution in [0, 0.1) is 0 Å². The lowest BCUT2D eigenvalue weighted by atomic mass is 10.1. The Labute approximate surface area is 187 Å². The van der Waals surface area contributed by atoms with Crippen molar-refractivity contribution in [2.24, 2.45) is 0 Å². The lowest BCUT2D eigenvalue weighted by molar-refractivity contribution is 0.145. The first-order chi connectivity index (χ1) is 15.2. The Balaban J connectivity index is 1.26. The number of halogens is 1. The Bertz CT molecular complexity index is 1200. The van der Waals surface area contributed by atoms with Crippen molar-refractivity contribution in [3.05, 3.63) is 59.6 Å². The van der Waals surface area contributed by atoms with Crippen molar-refractivity contribution in [3.63, 3.8) is 0 Å². The molecule has 0 bridgehead atoms. The summed E-state index contributed by atoms with van der Waals surface area (Å²) in [6.07, 6.45) is 1.01. The van der Waals surface area contributed by atoms with E-state index < -0.39 is 0 Å². The molecule has 5 rings (SSSR count). The number of fused-ring (bicyclic) bond motifs is 3. The second kappa shape index (κ2) is 8.87. The fourth-order valence-corrected chi connectivity index (χ4v) is 4.46. The Morgan fingerprint density at radius 3 is 2.71 bits per heavy atom. The molecule has 31 heavy (non-hydrogen) atoms. The van der Waals surface area contributed by atoms with Crippen molar-refractivity contribution < 1.29 is 4.74 Å². The molecule has 0 saturated carbocycles. The quantitative estimate of drug-likeness (QED) is 0.431. The van der Waals surface area contributed by atoms with Gasteiger partial charge in [0.25, 0.3) is 0 Å². The number of imidazole rings is 1. The van der Waals surface area contributed by atoms with Gasteiger partial charge in [-0.25, -0.2) is 4.98 Å². The number of hydrogen-bond donors (Lipinski definition) is 1. The van der Waals surface area contributed by atoms with Crippen LogP contribution in [0.3, 0.4) is 0 Å². The van der Waals surface area contributed by atoms with Crippen LogP contribution >= 0.6 is 11.6 Å². The van der Waals surface area contributed by atoms with E-state index in [1.54, 1.807) is 0 Å². The van der Waals surface area contributed by atoms with Gasteiger partial charge in [-0.2, -0.15) is 0 Å². The van der Waals surface area contributed by atoms with Crippen LogP contribution in [0.2, 0.25) is 5.02 Å². The van der Waals surface area contributed by atoms with Gasteiger partial charge in [-0.3, -0.25) is 0 Å². The van der Waals surface area contributed by atoms with Crippen LogP contribution in [0.1, 0.15) is 6.42 Å². The summed E-state index contributed by atoms with van der Waals surface area (Å²) in [5.41, 5.74) is 2.86. The van der Waals surface area contributed by atoms with Crippen LogP contribution in [-0.2, 0) is 0 Å². The SMILES string of the molecule is CN1CCN(CCCOc2ccc(-c3nc4c(ccc5ccccc54)[nH]3)c(Cl)c2)CC1. The highest BCUT2D eigenvalue weighted by molar-refractivity contribution is 6.33. The minimum absolute atomic E-state index is 0.639. The van der Waals surface area contributed by atoms with Gasteiger partial charge >= 0.3 is 0 Å². The predicted molar refractivity (Wildman–Crippen MR) is 128 cm³/mol. The van der Waals surface area contributed by atoms with E-state index in [2.05, 4.69) is 46.1 Å².